The minimum absolute atomic E-state index is 0.0365. The van der Waals surface area contributed by atoms with Gasteiger partial charge in [0.25, 0.3) is 5.91 Å². The lowest BCUT2D eigenvalue weighted by Gasteiger charge is -2.20. The van der Waals surface area contributed by atoms with Gasteiger partial charge in [0.15, 0.2) is 0 Å². The number of anilines is 1. The highest BCUT2D eigenvalue weighted by molar-refractivity contribution is 6.30. The number of carbonyl (C=O) groups is 3. The molecule has 166 valence electrons. The Morgan fingerprint density at radius 2 is 1.74 bits per heavy atom. The maximum atomic E-state index is 12.8. The Bertz CT molecular complexity index is 897. The van der Waals surface area contributed by atoms with E-state index in [9.17, 15) is 14.4 Å². The number of benzene rings is 2. The van der Waals surface area contributed by atoms with Gasteiger partial charge in [0.1, 0.15) is 6.04 Å². The SMILES string of the molecule is CCCC(=O)Nc1cccc(CNC(=O)C(CC(C)C)NC(=O)c2ccc(Cl)cc2)c1. The van der Waals surface area contributed by atoms with Crippen molar-refractivity contribution in [3.63, 3.8) is 0 Å². The van der Waals surface area contributed by atoms with Crippen LogP contribution in [0.2, 0.25) is 5.02 Å². The molecule has 0 aliphatic rings. The molecule has 3 amide bonds. The van der Waals surface area contributed by atoms with Crippen molar-refractivity contribution in [1.82, 2.24) is 10.6 Å². The van der Waals surface area contributed by atoms with Crippen LogP contribution in [0.3, 0.4) is 0 Å². The molecule has 6 nitrogen and oxygen atoms in total. The molecule has 0 aromatic heterocycles. The minimum Gasteiger partial charge on any atom is -0.350 e. The highest BCUT2D eigenvalue weighted by Gasteiger charge is 2.22. The molecule has 2 rings (SSSR count). The number of halogens is 1. The molecule has 0 saturated heterocycles. The maximum Gasteiger partial charge on any atom is 0.251 e. The number of amides is 3. The molecule has 0 fully saturated rings. The van der Waals surface area contributed by atoms with E-state index in [0.29, 0.717) is 35.7 Å². The van der Waals surface area contributed by atoms with E-state index in [1.165, 1.54) is 0 Å². The fraction of sp³-hybridized carbons (Fsp3) is 0.375. The Morgan fingerprint density at radius 1 is 1.03 bits per heavy atom. The van der Waals surface area contributed by atoms with Crippen LogP contribution in [0.1, 0.15) is 56.0 Å². The molecule has 0 aliphatic heterocycles. The zero-order chi connectivity index (χ0) is 22.8. The van der Waals surface area contributed by atoms with Gasteiger partial charge in [0, 0.05) is 29.2 Å². The Morgan fingerprint density at radius 3 is 2.39 bits per heavy atom. The summed E-state index contributed by atoms with van der Waals surface area (Å²) in [6, 6.07) is 13.2. The third-order valence-corrected chi connectivity index (χ3v) is 4.84. The number of rotatable bonds is 10. The van der Waals surface area contributed by atoms with Crippen molar-refractivity contribution in [2.45, 2.75) is 52.6 Å². The Hall–Kier alpha value is -2.86. The second kappa shape index (κ2) is 12.1. The summed E-state index contributed by atoms with van der Waals surface area (Å²) in [6.07, 6.45) is 1.75. The van der Waals surface area contributed by atoms with Crippen molar-refractivity contribution in [2.24, 2.45) is 5.92 Å². The normalized spacial score (nSPS) is 11.6. The topological polar surface area (TPSA) is 87.3 Å². The minimum atomic E-state index is -0.657. The average Bonchev–Trinajstić information content (AvgIpc) is 2.72. The molecule has 0 bridgehead atoms. The predicted molar refractivity (Wildman–Crippen MR) is 124 cm³/mol. The molecule has 3 N–H and O–H groups in total. The molecule has 1 unspecified atom stereocenters. The van der Waals surface area contributed by atoms with Crippen LogP contribution < -0.4 is 16.0 Å². The lowest BCUT2D eigenvalue weighted by atomic mass is 10.0. The van der Waals surface area contributed by atoms with Crippen molar-refractivity contribution in [1.29, 1.82) is 0 Å². The molecule has 31 heavy (non-hydrogen) atoms. The van der Waals surface area contributed by atoms with Gasteiger partial charge in [-0.05, 0) is 60.7 Å². The summed E-state index contributed by atoms with van der Waals surface area (Å²) < 4.78 is 0. The van der Waals surface area contributed by atoms with Crippen LogP contribution in [0.4, 0.5) is 5.69 Å². The van der Waals surface area contributed by atoms with Gasteiger partial charge >= 0.3 is 0 Å². The van der Waals surface area contributed by atoms with Gasteiger partial charge < -0.3 is 16.0 Å². The number of carbonyl (C=O) groups excluding carboxylic acids is 3. The first-order valence-electron chi connectivity index (χ1n) is 10.5. The van der Waals surface area contributed by atoms with Gasteiger partial charge in [0.2, 0.25) is 11.8 Å². The zero-order valence-corrected chi connectivity index (χ0v) is 19.0. The van der Waals surface area contributed by atoms with E-state index in [4.69, 9.17) is 11.6 Å². The van der Waals surface area contributed by atoms with Crippen molar-refractivity contribution in [3.8, 4) is 0 Å². The van der Waals surface area contributed by atoms with E-state index < -0.39 is 6.04 Å². The lowest BCUT2D eigenvalue weighted by molar-refractivity contribution is -0.123. The zero-order valence-electron chi connectivity index (χ0n) is 18.2. The summed E-state index contributed by atoms with van der Waals surface area (Å²) in [7, 11) is 0. The van der Waals surface area contributed by atoms with Crippen LogP contribution in [0, 0.1) is 5.92 Å². The number of hydrogen-bond donors (Lipinski definition) is 3. The van der Waals surface area contributed by atoms with Gasteiger partial charge in [0.05, 0.1) is 0 Å². The highest BCUT2D eigenvalue weighted by Crippen LogP contribution is 2.13. The quantitative estimate of drug-likeness (QED) is 0.503. The molecule has 0 heterocycles. The molecular weight excluding hydrogens is 414 g/mol. The van der Waals surface area contributed by atoms with Crippen LogP contribution in [-0.4, -0.2) is 23.8 Å². The number of nitrogens with one attached hydrogen (secondary N) is 3. The van der Waals surface area contributed by atoms with E-state index in [1.807, 2.05) is 45.0 Å². The molecule has 0 aliphatic carbocycles. The number of hydrogen-bond acceptors (Lipinski definition) is 3. The second-order valence-electron chi connectivity index (χ2n) is 7.88. The second-order valence-corrected chi connectivity index (χ2v) is 8.32. The van der Waals surface area contributed by atoms with E-state index >= 15 is 0 Å². The van der Waals surface area contributed by atoms with Crippen LogP contribution in [0.5, 0.6) is 0 Å². The molecule has 1 atom stereocenters. The largest absolute Gasteiger partial charge is 0.350 e. The summed E-state index contributed by atoms with van der Waals surface area (Å²) in [6.45, 7) is 6.24. The van der Waals surface area contributed by atoms with Crippen molar-refractivity contribution >= 4 is 35.0 Å². The molecule has 2 aromatic rings. The van der Waals surface area contributed by atoms with Gasteiger partial charge in [-0.15, -0.1) is 0 Å². The summed E-state index contributed by atoms with van der Waals surface area (Å²) in [5.41, 5.74) is 2.00. The van der Waals surface area contributed by atoms with Gasteiger partial charge in [-0.25, -0.2) is 0 Å². The van der Waals surface area contributed by atoms with E-state index in [2.05, 4.69) is 16.0 Å². The lowest BCUT2D eigenvalue weighted by Crippen LogP contribution is -2.47. The van der Waals surface area contributed by atoms with Crippen molar-refractivity contribution < 1.29 is 14.4 Å². The Labute approximate surface area is 188 Å². The molecule has 0 spiro atoms. The summed E-state index contributed by atoms with van der Waals surface area (Å²) in [4.78, 5) is 37.1. The molecule has 0 saturated carbocycles. The molecule has 2 aromatic carbocycles. The van der Waals surface area contributed by atoms with E-state index in [-0.39, 0.29) is 23.6 Å². The van der Waals surface area contributed by atoms with E-state index in [0.717, 1.165) is 12.0 Å². The van der Waals surface area contributed by atoms with Crippen molar-refractivity contribution in [2.75, 3.05) is 5.32 Å². The van der Waals surface area contributed by atoms with Gasteiger partial charge in [-0.2, -0.15) is 0 Å². The third-order valence-electron chi connectivity index (χ3n) is 4.59. The fourth-order valence-electron chi connectivity index (χ4n) is 3.07. The Kier molecular flexibility index (Phi) is 9.53. The smallest absolute Gasteiger partial charge is 0.251 e. The maximum absolute atomic E-state index is 12.8. The van der Waals surface area contributed by atoms with Gasteiger partial charge in [-0.1, -0.05) is 44.5 Å². The Balaban J connectivity index is 1.99. The van der Waals surface area contributed by atoms with Gasteiger partial charge in [-0.3, -0.25) is 14.4 Å². The fourth-order valence-corrected chi connectivity index (χ4v) is 3.19. The van der Waals surface area contributed by atoms with Crippen LogP contribution in [-0.2, 0) is 16.1 Å². The first kappa shape index (κ1) is 24.4. The average molecular weight is 444 g/mol. The highest BCUT2D eigenvalue weighted by atomic mass is 35.5. The summed E-state index contributed by atoms with van der Waals surface area (Å²) in [5.74, 6) is -0.390. The first-order chi connectivity index (χ1) is 14.8. The van der Waals surface area contributed by atoms with Crippen LogP contribution in [0.25, 0.3) is 0 Å². The summed E-state index contributed by atoms with van der Waals surface area (Å²) in [5, 5.41) is 9.10. The molecular formula is C24H30ClN3O3. The van der Waals surface area contributed by atoms with Crippen LogP contribution in [0.15, 0.2) is 48.5 Å². The van der Waals surface area contributed by atoms with Crippen LogP contribution >= 0.6 is 11.6 Å². The van der Waals surface area contributed by atoms with Crippen molar-refractivity contribution in [3.05, 3.63) is 64.7 Å². The molecule has 0 radical (unpaired) electrons. The standard InChI is InChI=1S/C24H30ClN3O3/c1-4-6-22(29)27-20-8-5-7-17(14-20)15-26-24(31)21(13-16(2)3)28-23(30)18-9-11-19(25)12-10-18/h5,7-12,14,16,21H,4,6,13,15H2,1-3H3,(H,26,31)(H,27,29)(H,28,30). The first-order valence-corrected chi connectivity index (χ1v) is 10.9. The summed E-state index contributed by atoms with van der Waals surface area (Å²) >= 11 is 5.88. The monoisotopic (exact) mass is 443 g/mol. The third kappa shape index (κ3) is 8.42. The molecule has 7 heteroatoms. The van der Waals surface area contributed by atoms with E-state index in [1.54, 1.807) is 24.3 Å². The predicted octanol–water partition coefficient (Wildman–Crippen LogP) is 4.54.